The summed E-state index contributed by atoms with van der Waals surface area (Å²) in [7, 11) is 0. The quantitative estimate of drug-likeness (QED) is 0.685. The van der Waals surface area contributed by atoms with Gasteiger partial charge in [-0.15, -0.1) is 11.3 Å². The lowest BCUT2D eigenvalue weighted by atomic mass is 10.1. The molecule has 0 N–H and O–H groups in total. The minimum absolute atomic E-state index is 0.454. The number of nitrogens with zero attached hydrogens (tertiary/aromatic N) is 4. The van der Waals surface area contributed by atoms with Gasteiger partial charge in [0, 0.05) is 37.8 Å². The maximum Gasteiger partial charge on any atom is 0.451 e. The summed E-state index contributed by atoms with van der Waals surface area (Å²) in [6.07, 6.45) is -2.78. The topological polar surface area (TPSA) is 55.1 Å². The first-order chi connectivity index (χ1) is 12.4. The lowest BCUT2D eigenvalue weighted by Crippen LogP contribution is -2.32. The third-order valence-corrected chi connectivity index (χ3v) is 5.12. The van der Waals surface area contributed by atoms with Crippen LogP contribution in [0.25, 0.3) is 10.8 Å². The number of thiophene rings is 1. The molecule has 0 unspecified atom stereocenters. The molecule has 0 amide bonds. The maximum absolute atomic E-state index is 12.7. The molecule has 0 fully saturated rings. The zero-order valence-corrected chi connectivity index (χ0v) is 14.7. The van der Waals surface area contributed by atoms with E-state index in [-0.39, 0.29) is 0 Å². The smallest absolute Gasteiger partial charge is 0.440 e. The molecule has 0 radical (unpaired) electrons. The third kappa shape index (κ3) is 3.36. The highest BCUT2D eigenvalue weighted by molar-refractivity contribution is 7.13. The fraction of sp³-hybridized carbons (Fsp3) is 0.353. The maximum atomic E-state index is 12.7. The van der Waals surface area contributed by atoms with Gasteiger partial charge in [-0.1, -0.05) is 6.07 Å². The van der Waals surface area contributed by atoms with Crippen LogP contribution >= 0.6 is 11.3 Å². The number of halogens is 3. The summed E-state index contributed by atoms with van der Waals surface area (Å²) in [5.74, 6) is 0.281. The van der Waals surface area contributed by atoms with E-state index >= 15 is 0 Å². The molecule has 0 aliphatic carbocycles. The van der Waals surface area contributed by atoms with E-state index in [1.165, 1.54) is 6.20 Å². The molecule has 1 aliphatic rings. The zero-order chi connectivity index (χ0) is 18.3. The Kier molecular flexibility index (Phi) is 4.28. The lowest BCUT2D eigenvalue weighted by molar-refractivity contribution is -0.145. The van der Waals surface area contributed by atoms with E-state index < -0.39 is 12.0 Å². The Labute approximate surface area is 151 Å². The van der Waals surface area contributed by atoms with E-state index in [4.69, 9.17) is 4.42 Å². The van der Waals surface area contributed by atoms with Crippen molar-refractivity contribution in [1.82, 2.24) is 19.9 Å². The van der Waals surface area contributed by atoms with Gasteiger partial charge >= 0.3 is 6.18 Å². The predicted octanol–water partition coefficient (Wildman–Crippen LogP) is 4.08. The molecule has 3 aromatic heterocycles. The molecule has 5 nitrogen and oxygen atoms in total. The van der Waals surface area contributed by atoms with Gasteiger partial charge in [0.05, 0.1) is 16.3 Å². The summed E-state index contributed by atoms with van der Waals surface area (Å²) >= 11 is 1.56. The molecule has 26 heavy (non-hydrogen) atoms. The van der Waals surface area contributed by atoms with Gasteiger partial charge in [0.25, 0.3) is 0 Å². The second-order valence-corrected chi connectivity index (χ2v) is 7.07. The molecule has 4 rings (SSSR count). The van der Waals surface area contributed by atoms with Crippen molar-refractivity contribution in [2.75, 3.05) is 6.54 Å². The number of hydrogen-bond acceptors (Lipinski definition) is 6. The average Bonchev–Trinajstić information content (AvgIpc) is 3.24. The SMILES string of the molecule is Cc1oc(-c2cccs2)nc1CN1CCc2nc(C(F)(F)F)ncc2C1. The van der Waals surface area contributed by atoms with Crippen molar-refractivity contribution in [3.8, 4) is 10.8 Å². The van der Waals surface area contributed by atoms with Crippen LogP contribution in [0.1, 0.15) is 28.5 Å². The van der Waals surface area contributed by atoms with Gasteiger partial charge in [0.15, 0.2) is 0 Å². The molecule has 0 spiro atoms. The number of oxazole rings is 1. The second kappa shape index (κ2) is 6.48. The summed E-state index contributed by atoms with van der Waals surface area (Å²) in [4.78, 5) is 14.8. The minimum Gasteiger partial charge on any atom is -0.440 e. The van der Waals surface area contributed by atoms with Crippen LogP contribution in [0.3, 0.4) is 0 Å². The molecule has 0 aromatic carbocycles. The molecule has 3 aromatic rings. The van der Waals surface area contributed by atoms with Gasteiger partial charge in [-0.05, 0) is 18.4 Å². The molecule has 0 bridgehead atoms. The van der Waals surface area contributed by atoms with Gasteiger partial charge in [-0.25, -0.2) is 15.0 Å². The first-order valence-electron chi connectivity index (χ1n) is 8.04. The van der Waals surface area contributed by atoms with Gasteiger partial charge in [-0.3, -0.25) is 4.90 Å². The van der Waals surface area contributed by atoms with Crippen LogP contribution < -0.4 is 0 Å². The number of alkyl halides is 3. The first kappa shape index (κ1) is 17.2. The summed E-state index contributed by atoms with van der Waals surface area (Å²) in [5.41, 5.74) is 2.04. The van der Waals surface area contributed by atoms with Crippen molar-refractivity contribution in [1.29, 1.82) is 0 Å². The summed E-state index contributed by atoms with van der Waals surface area (Å²) in [5, 5.41) is 1.96. The van der Waals surface area contributed by atoms with Crippen molar-refractivity contribution in [2.24, 2.45) is 0 Å². The molecular weight excluding hydrogens is 365 g/mol. The lowest BCUT2D eigenvalue weighted by Gasteiger charge is -2.27. The predicted molar refractivity (Wildman–Crippen MR) is 89.4 cm³/mol. The Bertz CT molecular complexity index is 921. The van der Waals surface area contributed by atoms with Gasteiger partial charge in [-0.2, -0.15) is 13.2 Å². The Morgan fingerprint density at radius 1 is 1.31 bits per heavy atom. The highest BCUT2D eigenvalue weighted by atomic mass is 32.1. The van der Waals surface area contributed by atoms with Crippen molar-refractivity contribution in [3.63, 3.8) is 0 Å². The molecule has 0 saturated carbocycles. The molecule has 0 saturated heterocycles. The Balaban J connectivity index is 1.50. The number of fused-ring (bicyclic) bond motifs is 1. The van der Waals surface area contributed by atoms with E-state index in [1.807, 2.05) is 24.4 Å². The van der Waals surface area contributed by atoms with Gasteiger partial charge in [0.1, 0.15) is 5.76 Å². The van der Waals surface area contributed by atoms with Crippen LogP contribution in [-0.4, -0.2) is 26.4 Å². The number of aromatic nitrogens is 3. The van der Waals surface area contributed by atoms with E-state index in [0.29, 0.717) is 37.6 Å². The van der Waals surface area contributed by atoms with Crippen LogP contribution in [0.5, 0.6) is 0 Å². The van der Waals surface area contributed by atoms with Crippen LogP contribution in [-0.2, 0) is 25.7 Å². The molecule has 4 heterocycles. The van der Waals surface area contributed by atoms with Crippen molar-refractivity contribution >= 4 is 11.3 Å². The normalized spacial score (nSPS) is 15.2. The number of rotatable bonds is 3. The van der Waals surface area contributed by atoms with Crippen LogP contribution in [0.4, 0.5) is 13.2 Å². The summed E-state index contributed by atoms with van der Waals surface area (Å²) in [6, 6.07) is 3.89. The van der Waals surface area contributed by atoms with Crippen LogP contribution in [0, 0.1) is 6.92 Å². The highest BCUT2D eigenvalue weighted by Gasteiger charge is 2.35. The van der Waals surface area contributed by atoms with Crippen LogP contribution in [0.15, 0.2) is 28.1 Å². The number of hydrogen-bond donors (Lipinski definition) is 0. The second-order valence-electron chi connectivity index (χ2n) is 6.12. The highest BCUT2D eigenvalue weighted by Crippen LogP contribution is 2.29. The fourth-order valence-corrected chi connectivity index (χ4v) is 3.59. The average molecular weight is 380 g/mol. The van der Waals surface area contributed by atoms with Crippen molar-refractivity contribution < 1.29 is 17.6 Å². The standard InChI is InChI=1S/C17H15F3N4OS/c1-10-13(22-15(25-10)14-3-2-6-26-14)9-24-5-4-12-11(8-24)7-21-16(23-12)17(18,19)20/h2-3,6-7H,4-5,8-9H2,1H3. The van der Waals surface area contributed by atoms with Crippen molar-refractivity contribution in [3.05, 3.63) is 52.2 Å². The molecule has 9 heteroatoms. The molecule has 1 aliphatic heterocycles. The Morgan fingerprint density at radius 2 is 2.15 bits per heavy atom. The first-order valence-corrected chi connectivity index (χ1v) is 8.92. The molecule has 0 atom stereocenters. The minimum atomic E-state index is -4.51. The third-order valence-electron chi connectivity index (χ3n) is 4.26. The number of aryl methyl sites for hydroxylation is 1. The van der Waals surface area contributed by atoms with Gasteiger partial charge < -0.3 is 4.42 Å². The largest absolute Gasteiger partial charge is 0.451 e. The van der Waals surface area contributed by atoms with Gasteiger partial charge in [0.2, 0.25) is 11.7 Å². The fourth-order valence-electron chi connectivity index (χ4n) is 2.94. The van der Waals surface area contributed by atoms with Crippen LogP contribution in [0.2, 0.25) is 0 Å². The Hall–Kier alpha value is -2.26. The van der Waals surface area contributed by atoms with E-state index in [1.54, 1.807) is 11.3 Å². The Morgan fingerprint density at radius 3 is 2.88 bits per heavy atom. The van der Waals surface area contributed by atoms with E-state index in [9.17, 15) is 13.2 Å². The summed E-state index contributed by atoms with van der Waals surface area (Å²) < 4.78 is 43.9. The van der Waals surface area contributed by atoms with E-state index in [0.717, 1.165) is 21.9 Å². The van der Waals surface area contributed by atoms with Crippen molar-refractivity contribution in [2.45, 2.75) is 32.6 Å². The zero-order valence-electron chi connectivity index (χ0n) is 13.9. The molecular formula is C17H15F3N4OS. The summed E-state index contributed by atoms with van der Waals surface area (Å²) in [6.45, 7) is 3.55. The molecule has 136 valence electrons. The monoisotopic (exact) mass is 380 g/mol. The van der Waals surface area contributed by atoms with E-state index in [2.05, 4.69) is 19.9 Å².